The molecule has 3 heteroatoms. The van der Waals surface area contributed by atoms with Gasteiger partial charge in [-0.15, -0.1) is 0 Å². The number of dihydropyridines is 1. The maximum Gasteiger partial charge on any atom is 0.0989 e. The molecule has 0 amide bonds. The molecule has 11 heavy (non-hydrogen) atoms. The Morgan fingerprint density at radius 1 is 1.55 bits per heavy atom. The highest BCUT2D eigenvalue weighted by Gasteiger charge is 1.94. The Bertz CT molecular complexity index is 161. The van der Waals surface area contributed by atoms with Gasteiger partial charge in [-0.2, -0.15) is 0 Å². The highest BCUT2D eigenvalue weighted by atomic mass is 15.1. The van der Waals surface area contributed by atoms with Crippen molar-refractivity contribution in [2.45, 2.75) is 0 Å². The zero-order valence-corrected chi connectivity index (χ0v) is 6.85. The Kier molecular flexibility index (Phi) is 3.55. The van der Waals surface area contributed by atoms with Crippen molar-refractivity contribution in [3.63, 3.8) is 0 Å². The topological polar surface area (TPSA) is 36.1 Å². The summed E-state index contributed by atoms with van der Waals surface area (Å²) in [6.45, 7) is 2.88. The van der Waals surface area contributed by atoms with E-state index in [1.165, 1.54) is 0 Å². The van der Waals surface area contributed by atoms with Crippen molar-refractivity contribution in [1.29, 1.82) is 0 Å². The van der Waals surface area contributed by atoms with E-state index < -0.39 is 0 Å². The highest BCUT2D eigenvalue weighted by Crippen LogP contribution is 1.90. The van der Waals surface area contributed by atoms with E-state index >= 15 is 0 Å². The van der Waals surface area contributed by atoms with Gasteiger partial charge in [-0.25, -0.2) is 0 Å². The summed E-state index contributed by atoms with van der Waals surface area (Å²) < 4.78 is 0. The molecule has 1 aliphatic rings. The molecule has 0 radical (unpaired) electrons. The second-order valence-electron chi connectivity index (χ2n) is 2.42. The lowest BCUT2D eigenvalue weighted by Crippen LogP contribution is -2.32. The summed E-state index contributed by atoms with van der Waals surface area (Å²) in [5, 5.41) is 9.54. The summed E-state index contributed by atoms with van der Waals surface area (Å²) in [5.74, 6) is 1.11. The predicted octanol–water partition coefficient (Wildman–Crippen LogP) is -0.204. The van der Waals surface area contributed by atoms with Gasteiger partial charge in [-0.3, -0.25) is 0 Å². The van der Waals surface area contributed by atoms with Crippen LogP contribution in [0.15, 0.2) is 24.0 Å². The molecule has 0 aromatic rings. The summed E-state index contributed by atoms with van der Waals surface area (Å²) in [7, 11) is 1.95. The van der Waals surface area contributed by atoms with Crippen LogP contribution in [0, 0.1) is 0 Å². The van der Waals surface area contributed by atoms with E-state index in [2.05, 4.69) is 28.1 Å². The SMILES string of the molecule is CNCCNC1=CC=CCN1. The van der Waals surface area contributed by atoms with Gasteiger partial charge < -0.3 is 16.0 Å². The molecule has 1 aliphatic heterocycles. The summed E-state index contributed by atoms with van der Waals surface area (Å²) >= 11 is 0. The van der Waals surface area contributed by atoms with Gasteiger partial charge in [-0.1, -0.05) is 12.2 Å². The standard InChI is InChI=1S/C8H15N3/c1-9-6-7-11-8-4-2-3-5-10-8/h2-4,9-11H,5-7H2,1H3. The number of allylic oxidation sites excluding steroid dienone is 2. The van der Waals surface area contributed by atoms with Crippen molar-refractivity contribution in [1.82, 2.24) is 16.0 Å². The molecule has 0 atom stereocenters. The highest BCUT2D eigenvalue weighted by molar-refractivity contribution is 5.15. The third-order valence-electron chi connectivity index (χ3n) is 1.50. The minimum Gasteiger partial charge on any atom is -0.371 e. The molecule has 1 heterocycles. The van der Waals surface area contributed by atoms with E-state index in [0.717, 1.165) is 25.5 Å². The maximum absolute atomic E-state index is 3.26. The lowest BCUT2D eigenvalue weighted by atomic mass is 10.3. The monoisotopic (exact) mass is 153 g/mol. The average molecular weight is 153 g/mol. The van der Waals surface area contributed by atoms with E-state index in [1.807, 2.05) is 13.1 Å². The van der Waals surface area contributed by atoms with Crippen molar-refractivity contribution < 1.29 is 0 Å². The van der Waals surface area contributed by atoms with Gasteiger partial charge in [0.2, 0.25) is 0 Å². The molecule has 1 rings (SSSR count). The molecule has 0 bridgehead atoms. The third kappa shape index (κ3) is 3.09. The van der Waals surface area contributed by atoms with E-state index in [0.29, 0.717) is 0 Å². The molecule has 0 unspecified atom stereocenters. The first kappa shape index (κ1) is 8.14. The van der Waals surface area contributed by atoms with Crippen LogP contribution in [0.1, 0.15) is 0 Å². The van der Waals surface area contributed by atoms with Crippen molar-refractivity contribution in [2.24, 2.45) is 0 Å². The molecule has 3 nitrogen and oxygen atoms in total. The number of rotatable bonds is 4. The van der Waals surface area contributed by atoms with E-state index in [1.54, 1.807) is 0 Å². The fraction of sp³-hybridized carbons (Fsp3) is 0.500. The fourth-order valence-corrected chi connectivity index (χ4v) is 0.904. The van der Waals surface area contributed by atoms with E-state index in [9.17, 15) is 0 Å². The predicted molar refractivity (Wildman–Crippen MR) is 47.2 cm³/mol. The molecule has 0 saturated carbocycles. The molecular formula is C8H15N3. The van der Waals surface area contributed by atoms with Crippen LogP contribution in [0.3, 0.4) is 0 Å². The third-order valence-corrected chi connectivity index (χ3v) is 1.50. The van der Waals surface area contributed by atoms with Gasteiger partial charge in [0.15, 0.2) is 0 Å². The largest absolute Gasteiger partial charge is 0.371 e. The molecule has 62 valence electrons. The van der Waals surface area contributed by atoms with Crippen LogP contribution >= 0.6 is 0 Å². The molecule has 0 aliphatic carbocycles. The lowest BCUT2D eigenvalue weighted by Gasteiger charge is -2.13. The number of nitrogens with one attached hydrogen (secondary N) is 3. The summed E-state index contributed by atoms with van der Waals surface area (Å²) in [4.78, 5) is 0. The van der Waals surface area contributed by atoms with Crippen LogP contribution in [0.4, 0.5) is 0 Å². The molecule has 0 spiro atoms. The first-order chi connectivity index (χ1) is 5.43. The van der Waals surface area contributed by atoms with E-state index in [4.69, 9.17) is 0 Å². The first-order valence-electron chi connectivity index (χ1n) is 3.92. The molecule has 3 N–H and O–H groups in total. The Morgan fingerprint density at radius 2 is 2.45 bits per heavy atom. The van der Waals surface area contributed by atoms with Crippen LogP contribution in [0.25, 0.3) is 0 Å². The van der Waals surface area contributed by atoms with Crippen molar-refractivity contribution >= 4 is 0 Å². The van der Waals surface area contributed by atoms with Crippen LogP contribution < -0.4 is 16.0 Å². The summed E-state index contributed by atoms with van der Waals surface area (Å²) in [6.07, 6.45) is 6.18. The fourth-order valence-electron chi connectivity index (χ4n) is 0.904. The quantitative estimate of drug-likeness (QED) is 0.489. The summed E-state index contributed by atoms with van der Waals surface area (Å²) in [5.41, 5.74) is 0. The van der Waals surface area contributed by atoms with Crippen molar-refractivity contribution in [2.75, 3.05) is 26.7 Å². The van der Waals surface area contributed by atoms with Gasteiger partial charge in [0, 0.05) is 19.6 Å². The normalized spacial score (nSPS) is 15.5. The van der Waals surface area contributed by atoms with E-state index in [-0.39, 0.29) is 0 Å². The van der Waals surface area contributed by atoms with Crippen LogP contribution in [0.5, 0.6) is 0 Å². The van der Waals surface area contributed by atoms with Gasteiger partial charge in [0.1, 0.15) is 0 Å². The Hall–Kier alpha value is -0.960. The zero-order valence-electron chi connectivity index (χ0n) is 6.85. The second-order valence-corrected chi connectivity index (χ2v) is 2.42. The van der Waals surface area contributed by atoms with Gasteiger partial charge in [-0.05, 0) is 13.1 Å². The number of likely N-dealkylation sites (N-methyl/N-ethyl adjacent to an activating group) is 1. The molecular weight excluding hydrogens is 138 g/mol. The van der Waals surface area contributed by atoms with Crippen molar-refractivity contribution in [3.8, 4) is 0 Å². The Morgan fingerprint density at radius 3 is 3.09 bits per heavy atom. The lowest BCUT2D eigenvalue weighted by molar-refractivity contribution is 0.670. The smallest absolute Gasteiger partial charge is 0.0989 e. The Balaban J connectivity index is 2.15. The Labute approximate surface area is 67.6 Å². The zero-order chi connectivity index (χ0) is 7.94. The number of hydrogen-bond donors (Lipinski definition) is 3. The van der Waals surface area contributed by atoms with Crippen LogP contribution in [-0.2, 0) is 0 Å². The maximum atomic E-state index is 3.26. The minimum atomic E-state index is 0.929. The van der Waals surface area contributed by atoms with Gasteiger partial charge in [0.25, 0.3) is 0 Å². The molecule has 0 fully saturated rings. The average Bonchev–Trinajstić information content (AvgIpc) is 2.07. The summed E-state index contributed by atoms with van der Waals surface area (Å²) in [6, 6.07) is 0. The van der Waals surface area contributed by atoms with Crippen LogP contribution in [0.2, 0.25) is 0 Å². The molecule has 0 aromatic carbocycles. The molecule has 0 saturated heterocycles. The minimum absolute atomic E-state index is 0.929. The van der Waals surface area contributed by atoms with Gasteiger partial charge in [0.05, 0.1) is 5.82 Å². The van der Waals surface area contributed by atoms with Gasteiger partial charge >= 0.3 is 0 Å². The molecule has 0 aromatic heterocycles. The first-order valence-corrected chi connectivity index (χ1v) is 3.92. The number of hydrogen-bond acceptors (Lipinski definition) is 3. The van der Waals surface area contributed by atoms with Crippen LogP contribution in [-0.4, -0.2) is 26.7 Å². The second kappa shape index (κ2) is 4.79. The van der Waals surface area contributed by atoms with Crippen molar-refractivity contribution in [3.05, 3.63) is 24.0 Å².